The molecule has 0 saturated heterocycles. The molecule has 192 valence electrons. The average molecular weight is 511 g/mol. The minimum atomic E-state index is 1.28. The van der Waals surface area contributed by atoms with Crippen molar-refractivity contribution >= 4 is 35.3 Å². The van der Waals surface area contributed by atoms with Gasteiger partial charge in [-0.15, -0.1) is 35.3 Å². The van der Waals surface area contributed by atoms with Crippen LogP contribution in [0.1, 0.15) is 135 Å². The molecule has 0 aliphatic rings. The quantitative estimate of drug-likeness (QED) is 0.119. The maximum Gasteiger partial charge on any atom is 0.0159 e. The summed E-state index contributed by atoms with van der Waals surface area (Å²) in [5.41, 5.74) is 5.24. The van der Waals surface area contributed by atoms with Crippen molar-refractivity contribution in [1.29, 1.82) is 0 Å². The molecule has 0 spiro atoms. The van der Waals surface area contributed by atoms with Gasteiger partial charge in [-0.1, -0.05) is 80.1 Å². The predicted molar refractivity (Wildman–Crippen MR) is 159 cm³/mol. The Hall–Kier alpha value is 0.270. The van der Waals surface area contributed by atoms with E-state index >= 15 is 0 Å². The Bertz CT molecular complexity index is 517. The largest absolute Gasteiger partial charge is 0.126 e. The molecule has 0 fully saturated rings. The molecule has 0 aromatic heterocycles. The van der Waals surface area contributed by atoms with Gasteiger partial charge in [0, 0.05) is 14.7 Å². The lowest BCUT2D eigenvalue weighted by Crippen LogP contribution is -2.08. The SMILES string of the molecule is CCCCSc1c(CCCC)c(SCCCC)c(CCCC)c(SCCCC)c1CCCC. The van der Waals surface area contributed by atoms with E-state index in [1.54, 1.807) is 31.4 Å². The molecular weight excluding hydrogens is 457 g/mol. The van der Waals surface area contributed by atoms with E-state index in [1.807, 2.05) is 0 Å². The fourth-order valence-corrected chi connectivity index (χ4v) is 8.45. The second-order valence-electron chi connectivity index (χ2n) is 9.34. The van der Waals surface area contributed by atoms with Crippen molar-refractivity contribution in [2.75, 3.05) is 17.3 Å². The first-order valence-corrected chi connectivity index (χ1v) is 17.2. The first-order chi connectivity index (χ1) is 16.2. The highest BCUT2D eigenvalue weighted by atomic mass is 32.2. The first kappa shape index (κ1) is 31.3. The van der Waals surface area contributed by atoms with E-state index in [1.165, 1.54) is 114 Å². The van der Waals surface area contributed by atoms with Crippen LogP contribution in [0.15, 0.2) is 14.7 Å². The summed E-state index contributed by atoms with van der Waals surface area (Å²) >= 11 is 6.64. The molecular formula is C30H54S3. The monoisotopic (exact) mass is 510 g/mol. The zero-order valence-corrected chi connectivity index (χ0v) is 25.4. The number of unbranched alkanes of at least 4 members (excludes halogenated alkanes) is 6. The van der Waals surface area contributed by atoms with Crippen LogP contribution in [0.2, 0.25) is 0 Å². The molecule has 0 amide bonds. The molecule has 3 heteroatoms. The van der Waals surface area contributed by atoms with Crippen LogP contribution in [0, 0.1) is 0 Å². The Morgan fingerprint density at radius 3 is 0.818 bits per heavy atom. The lowest BCUT2D eigenvalue weighted by atomic mass is 9.95. The third-order valence-electron chi connectivity index (χ3n) is 6.22. The standard InChI is InChI=1S/C30H54S3/c1-7-13-19-25-28(31-22-16-10-4)26(20-14-8-2)30(33-24-18-12-6)27(21-15-9-3)29(25)32-23-17-11-5/h7-24H2,1-6H3. The van der Waals surface area contributed by atoms with Crippen molar-refractivity contribution in [2.45, 2.75) is 153 Å². The Labute approximate surface area is 221 Å². The van der Waals surface area contributed by atoms with E-state index in [0.29, 0.717) is 0 Å². The van der Waals surface area contributed by atoms with Crippen LogP contribution in [-0.4, -0.2) is 17.3 Å². The molecule has 0 aliphatic heterocycles. The van der Waals surface area contributed by atoms with Crippen molar-refractivity contribution < 1.29 is 0 Å². The van der Waals surface area contributed by atoms with E-state index in [2.05, 4.69) is 76.8 Å². The fourth-order valence-electron chi connectivity index (χ4n) is 4.08. The molecule has 0 saturated carbocycles. The van der Waals surface area contributed by atoms with E-state index in [4.69, 9.17) is 0 Å². The number of benzene rings is 1. The molecule has 0 nitrogen and oxygen atoms in total. The van der Waals surface area contributed by atoms with Gasteiger partial charge in [0.25, 0.3) is 0 Å². The average Bonchev–Trinajstić information content (AvgIpc) is 2.82. The third kappa shape index (κ3) is 11.2. The van der Waals surface area contributed by atoms with Crippen LogP contribution in [-0.2, 0) is 19.3 Å². The van der Waals surface area contributed by atoms with Crippen molar-refractivity contribution in [2.24, 2.45) is 0 Å². The summed E-state index contributed by atoms with van der Waals surface area (Å²) in [4.78, 5) is 5.13. The van der Waals surface area contributed by atoms with Crippen molar-refractivity contribution in [3.05, 3.63) is 16.7 Å². The summed E-state index contributed by atoms with van der Waals surface area (Å²) in [5.74, 6) is 3.84. The number of hydrogen-bond donors (Lipinski definition) is 0. The minimum Gasteiger partial charge on any atom is -0.126 e. The second kappa shape index (κ2) is 20.5. The Morgan fingerprint density at radius 1 is 0.364 bits per heavy atom. The van der Waals surface area contributed by atoms with Gasteiger partial charge >= 0.3 is 0 Å². The second-order valence-corrected chi connectivity index (χ2v) is 12.7. The lowest BCUT2D eigenvalue weighted by molar-refractivity contribution is 0.711. The highest BCUT2D eigenvalue weighted by Gasteiger charge is 2.24. The zero-order chi connectivity index (χ0) is 24.3. The maximum atomic E-state index is 2.36. The van der Waals surface area contributed by atoms with Gasteiger partial charge in [-0.3, -0.25) is 0 Å². The molecule has 1 rings (SSSR count). The summed E-state index contributed by atoms with van der Waals surface area (Å²) in [6.45, 7) is 14.1. The molecule has 1 aromatic carbocycles. The Kier molecular flexibility index (Phi) is 19.4. The van der Waals surface area contributed by atoms with Crippen LogP contribution in [0.25, 0.3) is 0 Å². The molecule has 0 heterocycles. The van der Waals surface area contributed by atoms with Gasteiger partial charge in [0.1, 0.15) is 0 Å². The normalized spacial score (nSPS) is 11.5. The van der Waals surface area contributed by atoms with Crippen LogP contribution in [0.5, 0.6) is 0 Å². The topological polar surface area (TPSA) is 0 Å². The van der Waals surface area contributed by atoms with E-state index in [-0.39, 0.29) is 0 Å². The number of rotatable bonds is 21. The number of hydrogen-bond acceptors (Lipinski definition) is 3. The summed E-state index contributed by atoms with van der Waals surface area (Å²) in [6, 6.07) is 0. The molecule has 0 bridgehead atoms. The van der Waals surface area contributed by atoms with Gasteiger partial charge in [0.15, 0.2) is 0 Å². The van der Waals surface area contributed by atoms with E-state index < -0.39 is 0 Å². The highest BCUT2D eigenvalue weighted by molar-refractivity contribution is 8.01. The smallest absolute Gasteiger partial charge is 0.0159 e. The van der Waals surface area contributed by atoms with Crippen LogP contribution in [0.3, 0.4) is 0 Å². The van der Waals surface area contributed by atoms with E-state index in [9.17, 15) is 0 Å². The van der Waals surface area contributed by atoms with Crippen molar-refractivity contribution in [3.8, 4) is 0 Å². The number of thioether (sulfide) groups is 3. The molecule has 0 aliphatic carbocycles. The molecule has 0 radical (unpaired) electrons. The van der Waals surface area contributed by atoms with Gasteiger partial charge in [-0.05, 0) is 91.7 Å². The molecule has 1 aromatic rings. The fraction of sp³-hybridized carbons (Fsp3) is 0.800. The summed E-state index contributed by atoms with van der Waals surface area (Å²) in [5, 5.41) is 0. The minimum absolute atomic E-state index is 1.28. The predicted octanol–water partition coefficient (Wildman–Crippen LogP) is 11.4. The van der Waals surface area contributed by atoms with Crippen LogP contribution in [0.4, 0.5) is 0 Å². The van der Waals surface area contributed by atoms with Gasteiger partial charge in [0.2, 0.25) is 0 Å². The van der Waals surface area contributed by atoms with Gasteiger partial charge < -0.3 is 0 Å². The van der Waals surface area contributed by atoms with Crippen LogP contribution >= 0.6 is 35.3 Å². The summed E-state index contributed by atoms with van der Waals surface area (Å²) < 4.78 is 0. The lowest BCUT2D eigenvalue weighted by Gasteiger charge is -2.26. The van der Waals surface area contributed by atoms with Crippen molar-refractivity contribution in [1.82, 2.24) is 0 Å². The first-order valence-electron chi connectivity index (χ1n) is 14.3. The van der Waals surface area contributed by atoms with E-state index in [0.717, 1.165) is 0 Å². The Balaban J connectivity index is 3.72. The molecule has 33 heavy (non-hydrogen) atoms. The van der Waals surface area contributed by atoms with Gasteiger partial charge in [-0.25, -0.2) is 0 Å². The molecule has 0 N–H and O–H groups in total. The Morgan fingerprint density at radius 2 is 0.606 bits per heavy atom. The van der Waals surface area contributed by atoms with Gasteiger partial charge in [-0.2, -0.15) is 0 Å². The molecule has 0 unspecified atom stereocenters. The van der Waals surface area contributed by atoms with Crippen LogP contribution < -0.4 is 0 Å². The molecule has 0 atom stereocenters. The third-order valence-corrected chi connectivity index (χ3v) is 10.0. The summed E-state index contributed by atoms with van der Waals surface area (Å²) in [7, 11) is 0. The highest BCUT2D eigenvalue weighted by Crippen LogP contribution is 2.46. The maximum absolute atomic E-state index is 2.36. The van der Waals surface area contributed by atoms with Gasteiger partial charge in [0.05, 0.1) is 0 Å². The zero-order valence-electron chi connectivity index (χ0n) is 23.0. The summed E-state index contributed by atoms with van der Waals surface area (Å²) in [6.07, 6.45) is 19.6. The van der Waals surface area contributed by atoms with Crippen molar-refractivity contribution in [3.63, 3.8) is 0 Å².